The van der Waals surface area contributed by atoms with Gasteiger partial charge in [0.1, 0.15) is 0 Å². The number of hydrogen-bond acceptors (Lipinski definition) is 5. The molecule has 0 atom stereocenters. The van der Waals surface area contributed by atoms with Gasteiger partial charge in [0.25, 0.3) is 0 Å². The minimum absolute atomic E-state index is 0.375. The van der Waals surface area contributed by atoms with Gasteiger partial charge in [-0.15, -0.1) is 5.10 Å². The number of nitrogens with zero attached hydrogens (tertiary/aromatic N) is 4. The van der Waals surface area contributed by atoms with Crippen LogP contribution in [0.2, 0.25) is 0 Å². The quantitative estimate of drug-likeness (QED) is 0.846. The SMILES string of the molecule is CCC1CCC(n2nnnc2-c2cc(N)cc(N)c2)CC1. The summed E-state index contributed by atoms with van der Waals surface area (Å²) in [4.78, 5) is 0. The molecule has 21 heavy (non-hydrogen) atoms. The van der Waals surface area contributed by atoms with E-state index in [2.05, 4.69) is 22.4 Å². The summed E-state index contributed by atoms with van der Waals surface area (Å²) in [5.74, 6) is 1.61. The van der Waals surface area contributed by atoms with E-state index in [1.165, 1.54) is 19.3 Å². The monoisotopic (exact) mass is 286 g/mol. The third-order valence-corrected chi connectivity index (χ3v) is 4.47. The Hall–Kier alpha value is -2.11. The lowest BCUT2D eigenvalue weighted by Gasteiger charge is -2.28. The van der Waals surface area contributed by atoms with E-state index >= 15 is 0 Å². The van der Waals surface area contributed by atoms with E-state index in [9.17, 15) is 0 Å². The fourth-order valence-electron chi connectivity index (χ4n) is 3.23. The Labute approximate surface area is 124 Å². The molecule has 0 bridgehead atoms. The maximum absolute atomic E-state index is 5.87. The maximum atomic E-state index is 5.87. The average Bonchev–Trinajstić information content (AvgIpc) is 2.96. The minimum Gasteiger partial charge on any atom is -0.399 e. The van der Waals surface area contributed by atoms with Crippen molar-refractivity contribution in [3.8, 4) is 11.4 Å². The van der Waals surface area contributed by atoms with Crippen molar-refractivity contribution in [3.63, 3.8) is 0 Å². The van der Waals surface area contributed by atoms with Crippen molar-refractivity contribution < 1.29 is 0 Å². The van der Waals surface area contributed by atoms with Crippen molar-refractivity contribution in [2.45, 2.75) is 45.1 Å². The molecule has 1 saturated carbocycles. The second kappa shape index (κ2) is 5.71. The van der Waals surface area contributed by atoms with Crippen molar-refractivity contribution >= 4 is 11.4 Å². The predicted octanol–water partition coefficient (Wildman–Crippen LogP) is 2.65. The van der Waals surface area contributed by atoms with Gasteiger partial charge in [-0.3, -0.25) is 0 Å². The summed E-state index contributed by atoms with van der Waals surface area (Å²) in [5.41, 5.74) is 13.9. The number of anilines is 2. The second-order valence-corrected chi connectivity index (χ2v) is 5.92. The number of aromatic nitrogens is 4. The van der Waals surface area contributed by atoms with Crippen LogP contribution in [0.25, 0.3) is 11.4 Å². The van der Waals surface area contributed by atoms with Gasteiger partial charge in [0.2, 0.25) is 0 Å². The maximum Gasteiger partial charge on any atom is 0.182 e. The summed E-state index contributed by atoms with van der Waals surface area (Å²) in [6.45, 7) is 2.27. The molecule has 1 aromatic heterocycles. The lowest BCUT2D eigenvalue weighted by Crippen LogP contribution is -2.19. The topological polar surface area (TPSA) is 95.6 Å². The van der Waals surface area contributed by atoms with Crippen molar-refractivity contribution in [2.75, 3.05) is 11.5 Å². The van der Waals surface area contributed by atoms with Crippen molar-refractivity contribution in [2.24, 2.45) is 5.92 Å². The van der Waals surface area contributed by atoms with Crippen LogP contribution in [0.5, 0.6) is 0 Å². The van der Waals surface area contributed by atoms with Crippen molar-refractivity contribution in [1.82, 2.24) is 20.2 Å². The van der Waals surface area contributed by atoms with E-state index < -0.39 is 0 Å². The van der Waals surface area contributed by atoms with Gasteiger partial charge in [-0.1, -0.05) is 13.3 Å². The lowest BCUT2D eigenvalue weighted by atomic mass is 9.84. The van der Waals surface area contributed by atoms with E-state index in [1.807, 2.05) is 16.8 Å². The van der Waals surface area contributed by atoms with E-state index in [0.717, 1.165) is 30.1 Å². The standard InChI is InChI=1S/C15H22N6/c1-2-10-3-5-14(6-4-10)21-15(18-19-20-21)11-7-12(16)9-13(17)8-11/h7-10,14H,2-6,16-17H2,1H3. The fourth-order valence-corrected chi connectivity index (χ4v) is 3.23. The predicted molar refractivity (Wildman–Crippen MR) is 83.4 cm³/mol. The van der Waals surface area contributed by atoms with Gasteiger partial charge in [0.15, 0.2) is 5.82 Å². The molecule has 0 saturated heterocycles. The highest BCUT2D eigenvalue weighted by molar-refractivity contribution is 5.67. The molecule has 1 fully saturated rings. The molecule has 1 aromatic carbocycles. The van der Waals surface area contributed by atoms with Crippen LogP contribution in [-0.4, -0.2) is 20.2 Å². The van der Waals surface area contributed by atoms with E-state index in [1.54, 1.807) is 6.07 Å². The summed E-state index contributed by atoms with van der Waals surface area (Å²) >= 11 is 0. The molecular formula is C15H22N6. The number of nitrogen functional groups attached to an aromatic ring is 2. The third kappa shape index (κ3) is 2.84. The molecular weight excluding hydrogens is 264 g/mol. The molecule has 2 aromatic rings. The molecule has 1 heterocycles. The summed E-state index contributed by atoms with van der Waals surface area (Å²) < 4.78 is 1.94. The largest absolute Gasteiger partial charge is 0.399 e. The van der Waals surface area contributed by atoms with E-state index in [0.29, 0.717) is 17.4 Å². The zero-order valence-electron chi connectivity index (χ0n) is 12.4. The Bertz CT molecular complexity index is 592. The normalized spacial score (nSPS) is 22.3. The average molecular weight is 286 g/mol. The smallest absolute Gasteiger partial charge is 0.182 e. The Morgan fingerprint density at radius 1 is 1.10 bits per heavy atom. The van der Waals surface area contributed by atoms with E-state index in [4.69, 9.17) is 11.5 Å². The molecule has 1 aliphatic carbocycles. The number of benzene rings is 1. The second-order valence-electron chi connectivity index (χ2n) is 5.92. The van der Waals surface area contributed by atoms with Crippen molar-refractivity contribution in [3.05, 3.63) is 18.2 Å². The molecule has 0 radical (unpaired) electrons. The van der Waals surface area contributed by atoms with Gasteiger partial charge in [-0.25, -0.2) is 4.68 Å². The molecule has 0 unspecified atom stereocenters. The van der Waals surface area contributed by atoms with Gasteiger partial charge in [0, 0.05) is 16.9 Å². The van der Waals surface area contributed by atoms with Gasteiger partial charge < -0.3 is 11.5 Å². The molecule has 6 heteroatoms. The number of hydrogen-bond donors (Lipinski definition) is 2. The Kier molecular flexibility index (Phi) is 3.77. The first-order valence-corrected chi connectivity index (χ1v) is 7.61. The highest BCUT2D eigenvalue weighted by Gasteiger charge is 2.24. The van der Waals surface area contributed by atoms with Crippen LogP contribution in [0, 0.1) is 5.92 Å². The molecule has 1 aliphatic rings. The molecule has 112 valence electrons. The first kappa shape index (κ1) is 13.9. The number of nitrogens with two attached hydrogens (primary N) is 2. The minimum atomic E-state index is 0.375. The molecule has 4 N–H and O–H groups in total. The Morgan fingerprint density at radius 3 is 2.38 bits per heavy atom. The highest BCUT2D eigenvalue weighted by Crippen LogP contribution is 2.35. The van der Waals surface area contributed by atoms with Crippen LogP contribution in [0.3, 0.4) is 0 Å². The summed E-state index contributed by atoms with van der Waals surface area (Å²) in [7, 11) is 0. The van der Waals surface area contributed by atoms with Crippen LogP contribution in [0.1, 0.15) is 45.1 Å². The lowest BCUT2D eigenvalue weighted by molar-refractivity contribution is 0.255. The van der Waals surface area contributed by atoms with Gasteiger partial charge in [-0.2, -0.15) is 0 Å². The first-order chi connectivity index (χ1) is 10.2. The van der Waals surface area contributed by atoms with Crippen LogP contribution >= 0.6 is 0 Å². The van der Waals surface area contributed by atoms with Gasteiger partial charge in [-0.05, 0) is 60.2 Å². The zero-order chi connectivity index (χ0) is 14.8. The molecule has 3 rings (SSSR count). The summed E-state index contributed by atoms with van der Waals surface area (Å²) in [6.07, 6.45) is 6.03. The number of tetrazole rings is 1. The van der Waals surface area contributed by atoms with Crippen LogP contribution in [0.4, 0.5) is 11.4 Å². The fraction of sp³-hybridized carbons (Fsp3) is 0.533. The Morgan fingerprint density at radius 2 is 1.76 bits per heavy atom. The first-order valence-electron chi connectivity index (χ1n) is 7.61. The van der Waals surface area contributed by atoms with Gasteiger partial charge in [0.05, 0.1) is 6.04 Å². The molecule has 0 aliphatic heterocycles. The zero-order valence-corrected chi connectivity index (χ0v) is 12.4. The highest BCUT2D eigenvalue weighted by atomic mass is 15.5. The van der Waals surface area contributed by atoms with Crippen LogP contribution < -0.4 is 11.5 Å². The van der Waals surface area contributed by atoms with Crippen molar-refractivity contribution in [1.29, 1.82) is 0 Å². The molecule has 6 nitrogen and oxygen atoms in total. The summed E-state index contributed by atoms with van der Waals surface area (Å²) in [5, 5.41) is 12.2. The summed E-state index contributed by atoms with van der Waals surface area (Å²) in [6, 6.07) is 5.86. The third-order valence-electron chi connectivity index (χ3n) is 4.47. The number of rotatable bonds is 3. The van der Waals surface area contributed by atoms with Gasteiger partial charge >= 0.3 is 0 Å². The van der Waals surface area contributed by atoms with Crippen LogP contribution in [0.15, 0.2) is 18.2 Å². The molecule has 0 spiro atoms. The van der Waals surface area contributed by atoms with E-state index in [-0.39, 0.29) is 0 Å². The van der Waals surface area contributed by atoms with Crippen LogP contribution in [-0.2, 0) is 0 Å². The Balaban J connectivity index is 1.87. The molecule has 0 amide bonds.